The fourth-order valence-electron chi connectivity index (χ4n) is 2.37. The van der Waals surface area contributed by atoms with Gasteiger partial charge in [-0.05, 0) is 41.0 Å². The molecule has 0 aliphatic carbocycles. The van der Waals surface area contributed by atoms with E-state index in [1.165, 1.54) is 6.08 Å². The number of ketones is 1. The van der Waals surface area contributed by atoms with Gasteiger partial charge in [0.15, 0.2) is 5.78 Å². The van der Waals surface area contributed by atoms with Crippen molar-refractivity contribution in [2.24, 2.45) is 0 Å². The van der Waals surface area contributed by atoms with Crippen LogP contribution in [-0.4, -0.2) is 5.78 Å². The highest BCUT2D eigenvalue weighted by atomic mass is 35.5. The molecule has 0 aromatic heterocycles. The van der Waals surface area contributed by atoms with Gasteiger partial charge in [0.25, 0.3) is 0 Å². The number of halogens is 2. The molecule has 0 radical (unpaired) electrons. The topological polar surface area (TPSA) is 17.1 Å². The minimum atomic E-state index is -0.149. The van der Waals surface area contributed by atoms with E-state index in [9.17, 15) is 4.79 Å². The van der Waals surface area contributed by atoms with Gasteiger partial charge < -0.3 is 0 Å². The predicted molar refractivity (Wildman–Crippen MR) is 102 cm³/mol. The van der Waals surface area contributed by atoms with Crippen LogP contribution in [0.4, 0.5) is 0 Å². The Hall–Kier alpha value is -2.35. The zero-order valence-electron chi connectivity index (χ0n) is 12.7. The Morgan fingerprint density at radius 2 is 1.46 bits per heavy atom. The lowest BCUT2D eigenvalue weighted by Gasteiger charge is -2.02. The molecule has 0 fully saturated rings. The van der Waals surface area contributed by atoms with Crippen LogP contribution in [0.2, 0.25) is 10.0 Å². The summed E-state index contributed by atoms with van der Waals surface area (Å²) >= 11 is 11.9. The molecule has 3 aromatic rings. The fraction of sp³-hybridized carbons (Fsp3) is 0. The molecular formula is C21H14Cl2O. The van der Waals surface area contributed by atoms with Gasteiger partial charge in [0.1, 0.15) is 0 Å². The molecule has 1 nitrogen and oxygen atoms in total. The minimum absolute atomic E-state index is 0.149. The number of hydrogen-bond donors (Lipinski definition) is 0. The first kappa shape index (κ1) is 16.5. The minimum Gasteiger partial charge on any atom is -0.289 e. The summed E-state index contributed by atoms with van der Waals surface area (Å²) in [5, 5.41) is 0.869. The van der Waals surface area contributed by atoms with E-state index in [-0.39, 0.29) is 5.78 Å². The van der Waals surface area contributed by atoms with Crippen molar-refractivity contribution in [1.29, 1.82) is 0 Å². The second-order valence-electron chi connectivity index (χ2n) is 5.31. The standard InChI is InChI=1S/C21H14Cl2O/c22-18-11-12-19(20(23)14-18)21(24)13-8-15-6-9-17(10-7-15)16-4-2-1-3-5-16/h1-14H/b13-8+. The van der Waals surface area contributed by atoms with E-state index in [2.05, 4.69) is 12.1 Å². The van der Waals surface area contributed by atoms with Crippen molar-refractivity contribution < 1.29 is 4.79 Å². The van der Waals surface area contributed by atoms with E-state index in [1.807, 2.05) is 42.5 Å². The first-order valence-corrected chi connectivity index (χ1v) is 8.22. The van der Waals surface area contributed by atoms with Crippen LogP contribution in [0.5, 0.6) is 0 Å². The van der Waals surface area contributed by atoms with Crippen molar-refractivity contribution in [1.82, 2.24) is 0 Å². The zero-order valence-corrected chi connectivity index (χ0v) is 14.3. The molecule has 118 valence electrons. The van der Waals surface area contributed by atoms with Crippen LogP contribution in [-0.2, 0) is 0 Å². The Morgan fingerprint density at radius 1 is 0.792 bits per heavy atom. The maximum atomic E-state index is 12.2. The SMILES string of the molecule is O=C(/C=C/c1ccc(-c2ccccc2)cc1)c1ccc(Cl)cc1Cl. The molecule has 0 spiro atoms. The lowest BCUT2D eigenvalue weighted by molar-refractivity contribution is 0.104. The van der Waals surface area contributed by atoms with Crippen molar-refractivity contribution in [3.63, 3.8) is 0 Å². The number of carbonyl (C=O) groups is 1. The Bertz CT molecular complexity index is 881. The smallest absolute Gasteiger partial charge is 0.187 e. The molecule has 3 heteroatoms. The monoisotopic (exact) mass is 352 g/mol. The highest BCUT2D eigenvalue weighted by molar-refractivity contribution is 6.37. The fourth-order valence-corrected chi connectivity index (χ4v) is 2.87. The summed E-state index contributed by atoms with van der Waals surface area (Å²) in [4.78, 5) is 12.2. The maximum absolute atomic E-state index is 12.2. The van der Waals surface area contributed by atoms with E-state index >= 15 is 0 Å². The van der Waals surface area contributed by atoms with E-state index in [0.717, 1.165) is 16.7 Å². The third-order valence-electron chi connectivity index (χ3n) is 3.64. The molecule has 3 aromatic carbocycles. The summed E-state index contributed by atoms with van der Waals surface area (Å²) in [6, 6.07) is 23.0. The number of carbonyl (C=O) groups excluding carboxylic acids is 1. The van der Waals surface area contributed by atoms with Crippen molar-refractivity contribution in [3.05, 3.63) is 100 Å². The first-order valence-electron chi connectivity index (χ1n) is 7.46. The molecule has 0 saturated heterocycles. The molecule has 0 amide bonds. The quantitative estimate of drug-likeness (QED) is 0.384. The summed E-state index contributed by atoms with van der Waals surface area (Å²) in [5.74, 6) is -0.149. The van der Waals surface area contributed by atoms with Gasteiger partial charge in [-0.25, -0.2) is 0 Å². The van der Waals surface area contributed by atoms with Gasteiger partial charge in [-0.2, -0.15) is 0 Å². The van der Waals surface area contributed by atoms with Crippen molar-refractivity contribution in [3.8, 4) is 11.1 Å². The molecule has 0 saturated carbocycles. The molecular weight excluding hydrogens is 339 g/mol. The molecule has 0 heterocycles. The third kappa shape index (κ3) is 3.94. The average Bonchev–Trinajstić information content (AvgIpc) is 2.61. The molecule has 0 aliphatic rings. The van der Waals surface area contributed by atoms with Gasteiger partial charge in [0, 0.05) is 10.6 Å². The third-order valence-corrected chi connectivity index (χ3v) is 4.19. The molecule has 3 rings (SSSR count). The normalized spacial score (nSPS) is 10.9. The zero-order chi connectivity index (χ0) is 16.9. The Morgan fingerprint density at radius 3 is 2.12 bits per heavy atom. The summed E-state index contributed by atoms with van der Waals surface area (Å²) in [5.41, 5.74) is 3.70. The summed E-state index contributed by atoms with van der Waals surface area (Å²) in [7, 11) is 0. The van der Waals surface area contributed by atoms with Crippen LogP contribution in [0.15, 0.2) is 78.9 Å². The van der Waals surface area contributed by atoms with Crippen LogP contribution in [0, 0.1) is 0 Å². The maximum Gasteiger partial charge on any atom is 0.187 e. The number of benzene rings is 3. The molecule has 0 N–H and O–H groups in total. The van der Waals surface area contributed by atoms with Crippen molar-refractivity contribution in [2.75, 3.05) is 0 Å². The van der Waals surface area contributed by atoms with Crippen LogP contribution in [0.1, 0.15) is 15.9 Å². The average molecular weight is 353 g/mol. The lowest BCUT2D eigenvalue weighted by atomic mass is 10.0. The highest BCUT2D eigenvalue weighted by Gasteiger charge is 2.07. The van der Waals surface area contributed by atoms with Gasteiger partial charge >= 0.3 is 0 Å². The molecule has 0 aliphatic heterocycles. The van der Waals surface area contributed by atoms with Crippen molar-refractivity contribution >= 4 is 35.1 Å². The molecule has 24 heavy (non-hydrogen) atoms. The summed E-state index contributed by atoms with van der Waals surface area (Å²) in [6.45, 7) is 0. The van der Waals surface area contributed by atoms with Gasteiger partial charge in [-0.15, -0.1) is 0 Å². The Kier molecular flexibility index (Phi) is 5.14. The van der Waals surface area contributed by atoms with Gasteiger partial charge in [-0.3, -0.25) is 4.79 Å². The number of allylic oxidation sites excluding steroid dienone is 1. The van der Waals surface area contributed by atoms with Crippen LogP contribution in [0.25, 0.3) is 17.2 Å². The first-order chi connectivity index (χ1) is 11.6. The van der Waals surface area contributed by atoms with Gasteiger partial charge in [0.2, 0.25) is 0 Å². The molecule has 0 bridgehead atoms. The van der Waals surface area contributed by atoms with E-state index in [4.69, 9.17) is 23.2 Å². The highest BCUT2D eigenvalue weighted by Crippen LogP contribution is 2.22. The predicted octanol–water partition coefficient (Wildman–Crippen LogP) is 6.56. The van der Waals surface area contributed by atoms with Crippen LogP contribution >= 0.6 is 23.2 Å². The van der Waals surface area contributed by atoms with Gasteiger partial charge in [-0.1, -0.05) is 83.9 Å². The van der Waals surface area contributed by atoms with Gasteiger partial charge in [0.05, 0.1) is 5.02 Å². The summed E-state index contributed by atoms with van der Waals surface area (Å²) in [6.07, 6.45) is 3.30. The number of hydrogen-bond acceptors (Lipinski definition) is 1. The van der Waals surface area contributed by atoms with E-state index in [0.29, 0.717) is 15.6 Å². The molecule has 0 atom stereocenters. The summed E-state index contributed by atoms with van der Waals surface area (Å²) < 4.78 is 0. The molecule has 0 unspecified atom stereocenters. The van der Waals surface area contributed by atoms with Crippen molar-refractivity contribution in [2.45, 2.75) is 0 Å². The van der Waals surface area contributed by atoms with E-state index in [1.54, 1.807) is 24.3 Å². The second-order valence-corrected chi connectivity index (χ2v) is 6.15. The largest absolute Gasteiger partial charge is 0.289 e. The Balaban J connectivity index is 1.76. The Labute approximate surface area is 151 Å². The van der Waals surface area contributed by atoms with E-state index < -0.39 is 0 Å². The second kappa shape index (κ2) is 7.48. The van der Waals surface area contributed by atoms with Crippen LogP contribution < -0.4 is 0 Å². The number of rotatable bonds is 4. The van der Waals surface area contributed by atoms with Crippen LogP contribution in [0.3, 0.4) is 0 Å². The lowest BCUT2D eigenvalue weighted by Crippen LogP contribution is -1.95.